The summed E-state index contributed by atoms with van der Waals surface area (Å²) in [4.78, 5) is 10.8. The van der Waals surface area contributed by atoms with Gasteiger partial charge in [-0.15, -0.1) is 6.58 Å². The Bertz CT molecular complexity index is 183. The molecule has 0 spiro atoms. The fraction of sp³-hybridized carbons (Fsp3) is 0.500. The van der Waals surface area contributed by atoms with Gasteiger partial charge in [-0.3, -0.25) is 0 Å². The maximum absolute atomic E-state index is 10.8. The highest BCUT2D eigenvalue weighted by atomic mass is 31.0. The molecule has 1 aliphatic rings. The van der Waals surface area contributed by atoms with E-state index in [-0.39, 0.29) is 11.9 Å². The van der Waals surface area contributed by atoms with Crippen molar-refractivity contribution in [3.05, 3.63) is 12.7 Å². The van der Waals surface area contributed by atoms with E-state index < -0.39 is 5.54 Å². The van der Waals surface area contributed by atoms with Gasteiger partial charge in [0.1, 0.15) is 5.54 Å². The Morgan fingerprint density at radius 3 is 2.90 bits per heavy atom. The fourth-order valence-electron chi connectivity index (χ4n) is 0.943. The lowest BCUT2D eigenvalue weighted by Crippen LogP contribution is -2.35. The van der Waals surface area contributed by atoms with E-state index in [1.54, 1.807) is 6.08 Å². The number of carbonyl (C=O) groups excluding carboxylic acids is 1. The summed E-state index contributed by atoms with van der Waals surface area (Å²) in [6.45, 7) is 3.54. The standard InChI is InChI=1S/C6H10NO2P/c1-2-4-3-6(4,7)5(8)9-10/h2,4H,1,3,7,10H2/t4-,6-/m1/s1. The van der Waals surface area contributed by atoms with Gasteiger partial charge in [0.25, 0.3) is 0 Å². The maximum Gasteiger partial charge on any atom is 0.328 e. The molecule has 0 saturated heterocycles. The molecule has 0 heterocycles. The molecule has 10 heavy (non-hydrogen) atoms. The summed E-state index contributed by atoms with van der Waals surface area (Å²) in [5, 5.41) is 0. The van der Waals surface area contributed by atoms with Crippen LogP contribution in [-0.2, 0) is 9.32 Å². The lowest BCUT2D eigenvalue weighted by atomic mass is 10.2. The van der Waals surface area contributed by atoms with E-state index in [0.29, 0.717) is 6.42 Å². The Labute approximate surface area is 61.9 Å². The van der Waals surface area contributed by atoms with Crippen molar-refractivity contribution in [2.24, 2.45) is 11.7 Å². The van der Waals surface area contributed by atoms with Gasteiger partial charge in [-0.25, -0.2) is 4.79 Å². The van der Waals surface area contributed by atoms with Crippen LogP contribution in [0.4, 0.5) is 0 Å². The molecule has 0 aromatic carbocycles. The topological polar surface area (TPSA) is 52.3 Å². The molecular weight excluding hydrogens is 149 g/mol. The Hall–Kier alpha value is -0.400. The number of hydrogen-bond acceptors (Lipinski definition) is 3. The van der Waals surface area contributed by atoms with Crippen molar-refractivity contribution in [3.63, 3.8) is 0 Å². The van der Waals surface area contributed by atoms with E-state index >= 15 is 0 Å². The first kappa shape index (κ1) is 7.70. The molecule has 3 nitrogen and oxygen atoms in total. The Morgan fingerprint density at radius 1 is 2.00 bits per heavy atom. The quantitative estimate of drug-likeness (QED) is 0.463. The van der Waals surface area contributed by atoms with Crippen LogP contribution in [0.1, 0.15) is 6.42 Å². The summed E-state index contributed by atoms with van der Waals surface area (Å²) < 4.78 is 4.41. The third kappa shape index (κ3) is 0.957. The van der Waals surface area contributed by atoms with Gasteiger partial charge in [-0.1, -0.05) is 6.08 Å². The van der Waals surface area contributed by atoms with Crippen LogP contribution < -0.4 is 5.73 Å². The van der Waals surface area contributed by atoms with Crippen molar-refractivity contribution in [2.45, 2.75) is 12.0 Å². The minimum Gasteiger partial charge on any atom is -0.450 e. The van der Waals surface area contributed by atoms with Gasteiger partial charge in [0.15, 0.2) is 0 Å². The van der Waals surface area contributed by atoms with Gasteiger partial charge in [-0.2, -0.15) is 0 Å². The van der Waals surface area contributed by atoms with E-state index in [1.165, 1.54) is 0 Å². The summed E-state index contributed by atoms with van der Waals surface area (Å²) in [6.07, 6.45) is 2.34. The van der Waals surface area contributed by atoms with Crippen LogP contribution in [0, 0.1) is 5.92 Å². The second-order valence-corrected chi connectivity index (χ2v) is 2.73. The number of hydrogen-bond donors (Lipinski definition) is 1. The Balaban J connectivity index is 2.58. The molecule has 0 aromatic rings. The largest absolute Gasteiger partial charge is 0.450 e. The molecule has 4 heteroatoms. The highest BCUT2D eigenvalue weighted by Gasteiger charge is 2.56. The fourth-order valence-corrected chi connectivity index (χ4v) is 1.16. The van der Waals surface area contributed by atoms with E-state index in [0.717, 1.165) is 0 Å². The highest BCUT2D eigenvalue weighted by Crippen LogP contribution is 2.42. The summed E-state index contributed by atoms with van der Waals surface area (Å²) in [5.41, 5.74) is 4.82. The third-order valence-electron chi connectivity index (χ3n) is 1.83. The van der Waals surface area contributed by atoms with Crippen LogP contribution in [0.25, 0.3) is 0 Å². The lowest BCUT2D eigenvalue weighted by molar-refractivity contribution is -0.135. The summed E-state index contributed by atoms with van der Waals surface area (Å²) in [7, 11) is 1.89. The van der Waals surface area contributed by atoms with Crippen LogP contribution in [0.15, 0.2) is 12.7 Å². The highest BCUT2D eigenvalue weighted by molar-refractivity contribution is 7.10. The molecule has 56 valence electrons. The molecule has 0 amide bonds. The molecule has 1 saturated carbocycles. The van der Waals surface area contributed by atoms with Crippen molar-refractivity contribution in [1.29, 1.82) is 0 Å². The second kappa shape index (κ2) is 2.33. The Morgan fingerprint density at radius 2 is 2.60 bits per heavy atom. The average Bonchev–Trinajstić information content (AvgIpc) is 2.61. The molecule has 3 atom stereocenters. The minimum absolute atomic E-state index is 0.0977. The molecule has 0 bridgehead atoms. The minimum atomic E-state index is -0.774. The predicted octanol–water partition coefficient (Wildman–Crippen LogP) is 0.223. The predicted molar refractivity (Wildman–Crippen MR) is 41.0 cm³/mol. The van der Waals surface area contributed by atoms with Crippen LogP contribution in [0.3, 0.4) is 0 Å². The summed E-state index contributed by atoms with van der Waals surface area (Å²) in [6, 6.07) is 0. The molecule has 1 rings (SSSR count). The zero-order valence-electron chi connectivity index (χ0n) is 5.54. The first-order valence-electron chi connectivity index (χ1n) is 2.97. The zero-order valence-corrected chi connectivity index (χ0v) is 6.69. The maximum atomic E-state index is 10.8. The molecule has 1 aliphatic carbocycles. The molecule has 1 fully saturated rings. The van der Waals surface area contributed by atoms with Gasteiger partial charge >= 0.3 is 5.97 Å². The normalized spacial score (nSPS) is 36.8. The average molecular weight is 159 g/mol. The molecular formula is C6H10NO2P. The van der Waals surface area contributed by atoms with Gasteiger partial charge in [0.2, 0.25) is 0 Å². The third-order valence-corrected chi connectivity index (χ3v) is 2.04. The van der Waals surface area contributed by atoms with Crippen molar-refractivity contribution in [1.82, 2.24) is 0 Å². The van der Waals surface area contributed by atoms with Gasteiger partial charge in [0.05, 0.1) is 9.47 Å². The molecule has 0 radical (unpaired) electrons. The van der Waals surface area contributed by atoms with Crippen LogP contribution in [0.2, 0.25) is 0 Å². The van der Waals surface area contributed by atoms with Gasteiger partial charge in [-0.05, 0) is 6.42 Å². The zero-order chi connectivity index (χ0) is 7.78. The molecule has 0 aliphatic heterocycles. The Kier molecular flexibility index (Phi) is 1.80. The number of nitrogens with two attached hydrogens (primary N) is 1. The second-order valence-electron chi connectivity index (χ2n) is 2.49. The van der Waals surface area contributed by atoms with Crippen LogP contribution in [0.5, 0.6) is 0 Å². The summed E-state index contributed by atoms with van der Waals surface area (Å²) >= 11 is 0. The number of rotatable bonds is 2. The van der Waals surface area contributed by atoms with Gasteiger partial charge < -0.3 is 10.3 Å². The first-order chi connectivity index (χ1) is 4.65. The van der Waals surface area contributed by atoms with Crippen LogP contribution >= 0.6 is 9.47 Å². The summed E-state index contributed by atoms with van der Waals surface area (Å²) in [5.74, 6) is -0.275. The SMILES string of the molecule is C=C[C@@H]1C[C@]1(N)C(=O)OP. The van der Waals surface area contributed by atoms with Crippen molar-refractivity contribution < 1.29 is 9.32 Å². The molecule has 0 aromatic heterocycles. The van der Waals surface area contributed by atoms with E-state index in [1.807, 2.05) is 9.47 Å². The van der Waals surface area contributed by atoms with E-state index in [9.17, 15) is 4.79 Å². The van der Waals surface area contributed by atoms with Crippen molar-refractivity contribution in [2.75, 3.05) is 0 Å². The van der Waals surface area contributed by atoms with Crippen molar-refractivity contribution in [3.8, 4) is 0 Å². The monoisotopic (exact) mass is 159 g/mol. The lowest BCUT2D eigenvalue weighted by Gasteiger charge is -2.04. The first-order valence-corrected chi connectivity index (χ1v) is 3.45. The van der Waals surface area contributed by atoms with Gasteiger partial charge in [0, 0.05) is 5.92 Å². The van der Waals surface area contributed by atoms with E-state index in [2.05, 4.69) is 11.1 Å². The number of carbonyl (C=O) groups is 1. The van der Waals surface area contributed by atoms with E-state index in [4.69, 9.17) is 5.73 Å². The molecule has 2 N–H and O–H groups in total. The smallest absolute Gasteiger partial charge is 0.328 e. The molecule has 1 unspecified atom stereocenters. The van der Waals surface area contributed by atoms with Crippen LogP contribution in [-0.4, -0.2) is 11.5 Å². The van der Waals surface area contributed by atoms with Crippen molar-refractivity contribution >= 4 is 15.4 Å².